The quantitative estimate of drug-likeness (QED) is 0.656. The zero-order valence-corrected chi connectivity index (χ0v) is 9.30. The molecular weight excluding hydrogens is 172 g/mol. The summed E-state index contributed by atoms with van der Waals surface area (Å²) in [5.74, 6) is 2.30. The van der Waals surface area contributed by atoms with Crippen LogP contribution in [0.3, 0.4) is 0 Å². The van der Waals surface area contributed by atoms with Crippen molar-refractivity contribution < 1.29 is 4.79 Å². The molecule has 2 aliphatic carbocycles. The number of rotatable bonds is 2. The fourth-order valence-corrected chi connectivity index (χ4v) is 3.19. The summed E-state index contributed by atoms with van der Waals surface area (Å²) in [6.45, 7) is 2.29. The average molecular weight is 194 g/mol. The number of carbonyl (C=O) groups is 1. The average Bonchev–Trinajstić information content (AvgIpc) is 2.65. The molecule has 2 unspecified atom stereocenters. The van der Waals surface area contributed by atoms with Crippen molar-refractivity contribution in [2.45, 2.75) is 58.3 Å². The van der Waals surface area contributed by atoms with Crippen molar-refractivity contribution in [3.63, 3.8) is 0 Å². The Bertz CT molecular complexity index is 197. The monoisotopic (exact) mass is 194 g/mol. The topological polar surface area (TPSA) is 17.1 Å². The molecule has 0 amide bonds. The van der Waals surface area contributed by atoms with Gasteiger partial charge in [0.1, 0.15) is 5.78 Å². The van der Waals surface area contributed by atoms with Crippen LogP contribution in [-0.2, 0) is 4.79 Å². The highest BCUT2D eigenvalue weighted by Gasteiger charge is 2.32. The molecular formula is C13H22O. The molecule has 2 atom stereocenters. The van der Waals surface area contributed by atoms with Gasteiger partial charge in [-0.3, -0.25) is 4.79 Å². The summed E-state index contributed by atoms with van der Waals surface area (Å²) in [6.07, 6.45) is 9.94. The van der Waals surface area contributed by atoms with Gasteiger partial charge in [0.15, 0.2) is 0 Å². The first-order chi connectivity index (χ1) is 6.77. The molecule has 0 radical (unpaired) electrons. The molecule has 0 saturated heterocycles. The standard InChI is InChI=1S/C13H22O/c1-10-7-8-12(9-10)13(14)11-5-3-2-4-6-11/h10-12H,2-9H2,1H3. The van der Waals surface area contributed by atoms with Crippen LogP contribution < -0.4 is 0 Å². The second-order valence-electron chi connectivity index (χ2n) is 5.35. The van der Waals surface area contributed by atoms with E-state index in [1.165, 1.54) is 51.4 Å². The van der Waals surface area contributed by atoms with Crippen LogP contribution in [0.15, 0.2) is 0 Å². The first-order valence-corrected chi connectivity index (χ1v) is 6.31. The first-order valence-electron chi connectivity index (χ1n) is 6.31. The maximum atomic E-state index is 12.1. The van der Waals surface area contributed by atoms with E-state index in [9.17, 15) is 4.79 Å². The Balaban J connectivity index is 1.87. The molecule has 1 nitrogen and oxygen atoms in total. The van der Waals surface area contributed by atoms with Crippen LogP contribution in [0, 0.1) is 17.8 Å². The number of hydrogen-bond acceptors (Lipinski definition) is 1. The third-order valence-corrected chi connectivity index (χ3v) is 4.10. The molecule has 0 aromatic carbocycles. The highest BCUT2D eigenvalue weighted by atomic mass is 16.1. The number of hydrogen-bond donors (Lipinski definition) is 0. The fraction of sp³-hybridized carbons (Fsp3) is 0.923. The third kappa shape index (κ3) is 2.18. The SMILES string of the molecule is CC1CCC(C(=O)C2CCCCC2)C1. The Morgan fingerprint density at radius 2 is 1.64 bits per heavy atom. The minimum Gasteiger partial charge on any atom is -0.299 e. The summed E-state index contributed by atoms with van der Waals surface area (Å²) in [4.78, 5) is 12.1. The van der Waals surface area contributed by atoms with E-state index in [1.807, 2.05) is 0 Å². The summed E-state index contributed by atoms with van der Waals surface area (Å²) in [5, 5.41) is 0. The van der Waals surface area contributed by atoms with Crippen LogP contribution >= 0.6 is 0 Å². The van der Waals surface area contributed by atoms with Crippen molar-refractivity contribution in [1.82, 2.24) is 0 Å². The second kappa shape index (κ2) is 4.46. The van der Waals surface area contributed by atoms with E-state index in [4.69, 9.17) is 0 Å². The molecule has 0 aliphatic heterocycles. The molecule has 0 bridgehead atoms. The molecule has 2 aliphatic rings. The van der Waals surface area contributed by atoms with E-state index in [2.05, 4.69) is 6.92 Å². The van der Waals surface area contributed by atoms with Gasteiger partial charge < -0.3 is 0 Å². The highest BCUT2D eigenvalue weighted by molar-refractivity contribution is 5.83. The van der Waals surface area contributed by atoms with E-state index in [-0.39, 0.29) is 0 Å². The molecule has 14 heavy (non-hydrogen) atoms. The van der Waals surface area contributed by atoms with Gasteiger partial charge in [-0.15, -0.1) is 0 Å². The lowest BCUT2D eigenvalue weighted by Gasteiger charge is -2.23. The molecule has 0 heterocycles. The van der Waals surface area contributed by atoms with Gasteiger partial charge in [0.05, 0.1) is 0 Å². The van der Waals surface area contributed by atoms with Crippen LogP contribution in [0.1, 0.15) is 58.3 Å². The Morgan fingerprint density at radius 1 is 0.929 bits per heavy atom. The molecule has 0 aromatic rings. The predicted molar refractivity (Wildman–Crippen MR) is 58.1 cm³/mol. The second-order valence-corrected chi connectivity index (χ2v) is 5.35. The molecule has 1 heteroatoms. The highest BCUT2D eigenvalue weighted by Crippen LogP contribution is 2.36. The zero-order chi connectivity index (χ0) is 9.97. The van der Waals surface area contributed by atoms with Gasteiger partial charge in [-0.25, -0.2) is 0 Å². The zero-order valence-electron chi connectivity index (χ0n) is 9.30. The predicted octanol–water partition coefficient (Wildman–Crippen LogP) is 3.57. The van der Waals surface area contributed by atoms with Gasteiger partial charge in [-0.2, -0.15) is 0 Å². The smallest absolute Gasteiger partial charge is 0.139 e. The van der Waals surface area contributed by atoms with E-state index in [1.54, 1.807) is 0 Å². The van der Waals surface area contributed by atoms with Crippen LogP contribution in [-0.4, -0.2) is 5.78 Å². The van der Waals surface area contributed by atoms with Gasteiger partial charge in [-0.1, -0.05) is 26.2 Å². The molecule has 0 N–H and O–H groups in total. The number of carbonyl (C=O) groups excluding carboxylic acids is 1. The Labute approximate surface area is 87.3 Å². The van der Waals surface area contributed by atoms with E-state index in [0.717, 1.165) is 5.92 Å². The van der Waals surface area contributed by atoms with Gasteiger partial charge in [-0.05, 0) is 38.0 Å². The van der Waals surface area contributed by atoms with Gasteiger partial charge in [0.25, 0.3) is 0 Å². The molecule has 2 rings (SSSR count). The van der Waals surface area contributed by atoms with Gasteiger partial charge in [0, 0.05) is 11.8 Å². The molecule has 0 spiro atoms. The maximum Gasteiger partial charge on any atom is 0.139 e. The lowest BCUT2D eigenvalue weighted by atomic mass is 9.81. The molecule has 0 aromatic heterocycles. The van der Waals surface area contributed by atoms with Crippen LogP contribution in [0.2, 0.25) is 0 Å². The van der Waals surface area contributed by atoms with Crippen LogP contribution in [0.4, 0.5) is 0 Å². The summed E-state index contributed by atoms with van der Waals surface area (Å²) < 4.78 is 0. The minimum absolute atomic E-state index is 0.438. The lowest BCUT2D eigenvalue weighted by molar-refractivity contribution is -0.127. The summed E-state index contributed by atoms with van der Waals surface area (Å²) in [6, 6.07) is 0. The summed E-state index contributed by atoms with van der Waals surface area (Å²) >= 11 is 0. The van der Waals surface area contributed by atoms with Crippen molar-refractivity contribution in [2.24, 2.45) is 17.8 Å². The Morgan fingerprint density at radius 3 is 2.21 bits per heavy atom. The van der Waals surface area contributed by atoms with Gasteiger partial charge in [0.2, 0.25) is 0 Å². The van der Waals surface area contributed by atoms with E-state index < -0.39 is 0 Å². The normalized spacial score (nSPS) is 34.6. The minimum atomic E-state index is 0.438. The molecule has 80 valence electrons. The molecule has 2 fully saturated rings. The van der Waals surface area contributed by atoms with Crippen molar-refractivity contribution >= 4 is 5.78 Å². The molecule has 2 saturated carbocycles. The Hall–Kier alpha value is -0.330. The fourth-order valence-electron chi connectivity index (χ4n) is 3.19. The maximum absolute atomic E-state index is 12.1. The van der Waals surface area contributed by atoms with Crippen LogP contribution in [0.25, 0.3) is 0 Å². The third-order valence-electron chi connectivity index (χ3n) is 4.10. The van der Waals surface area contributed by atoms with E-state index in [0.29, 0.717) is 17.6 Å². The van der Waals surface area contributed by atoms with Gasteiger partial charge >= 0.3 is 0 Å². The Kier molecular flexibility index (Phi) is 3.25. The lowest BCUT2D eigenvalue weighted by Crippen LogP contribution is -2.24. The number of Topliss-reactive ketones (excluding diaryl/α,β-unsaturated/α-hetero) is 1. The van der Waals surface area contributed by atoms with Crippen molar-refractivity contribution in [1.29, 1.82) is 0 Å². The summed E-state index contributed by atoms with van der Waals surface area (Å²) in [5.41, 5.74) is 0. The summed E-state index contributed by atoms with van der Waals surface area (Å²) in [7, 11) is 0. The van der Waals surface area contributed by atoms with Crippen molar-refractivity contribution in [2.75, 3.05) is 0 Å². The van der Waals surface area contributed by atoms with Crippen molar-refractivity contribution in [3.05, 3.63) is 0 Å². The van der Waals surface area contributed by atoms with Crippen molar-refractivity contribution in [3.8, 4) is 0 Å². The number of ketones is 1. The largest absolute Gasteiger partial charge is 0.299 e. The van der Waals surface area contributed by atoms with Crippen LogP contribution in [0.5, 0.6) is 0 Å². The first kappa shape index (κ1) is 10.2. The van der Waals surface area contributed by atoms with E-state index >= 15 is 0 Å².